The van der Waals surface area contributed by atoms with Crippen LogP contribution in [0.15, 0.2) is 6.07 Å². The van der Waals surface area contributed by atoms with E-state index in [1.165, 1.54) is 0 Å². The van der Waals surface area contributed by atoms with Gasteiger partial charge in [0.15, 0.2) is 0 Å². The van der Waals surface area contributed by atoms with Crippen LogP contribution in [0.5, 0.6) is 0 Å². The van der Waals surface area contributed by atoms with E-state index in [4.69, 9.17) is 5.84 Å². The molecule has 1 aromatic heterocycles. The fraction of sp³-hybridized carbons (Fsp3) is 0.636. The molecule has 2 unspecified atom stereocenters. The van der Waals surface area contributed by atoms with Crippen LogP contribution in [-0.4, -0.2) is 16.0 Å². The predicted octanol–water partition coefficient (Wildman–Crippen LogP) is 1.92. The number of rotatable bonds is 5. The van der Waals surface area contributed by atoms with E-state index in [0.29, 0.717) is 17.9 Å². The summed E-state index contributed by atoms with van der Waals surface area (Å²) in [5.41, 5.74) is 3.35. The van der Waals surface area contributed by atoms with Gasteiger partial charge in [-0.1, -0.05) is 20.3 Å². The van der Waals surface area contributed by atoms with Gasteiger partial charge < -0.3 is 5.32 Å². The molecule has 0 saturated carbocycles. The van der Waals surface area contributed by atoms with E-state index in [-0.39, 0.29) is 0 Å². The Morgan fingerprint density at radius 3 is 2.62 bits per heavy atom. The first-order valence-electron chi connectivity index (χ1n) is 5.65. The topological polar surface area (TPSA) is 75.9 Å². The van der Waals surface area contributed by atoms with Crippen molar-refractivity contribution in [1.29, 1.82) is 0 Å². The first-order valence-corrected chi connectivity index (χ1v) is 5.65. The van der Waals surface area contributed by atoms with Gasteiger partial charge in [0.1, 0.15) is 5.82 Å². The number of hydrogen-bond donors (Lipinski definition) is 3. The number of anilines is 2. The van der Waals surface area contributed by atoms with Crippen molar-refractivity contribution in [1.82, 2.24) is 9.97 Å². The Balaban J connectivity index is 2.76. The molecule has 5 nitrogen and oxygen atoms in total. The standard InChI is InChI=1S/C11H21N5/c1-5-7(2)9(4)14-10-6-8(3)13-11(15-10)16-12/h6-7,9H,5,12H2,1-4H3,(H2,13,14,15,16). The third kappa shape index (κ3) is 3.34. The molecule has 5 heteroatoms. The number of aromatic nitrogens is 2. The highest BCUT2D eigenvalue weighted by Gasteiger charge is 2.11. The lowest BCUT2D eigenvalue weighted by Crippen LogP contribution is -2.24. The molecule has 0 fully saturated rings. The van der Waals surface area contributed by atoms with Crippen molar-refractivity contribution >= 4 is 11.8 Å². The lowest BCUT2D eigenvalue weighted by molar-refractivity contribution is 0.493. The maximum atomic E-state index is 5.30. The summed E-state index contributed by atoms with van der Waals surface area (Å²) in [5.74, 6) is 7.16. The van der Waals surface area contributed by atoms with Gasteiger partial charge in [-0.15, -0.1) is 0 Å². The first kappa shape index (κ1) is 12.7. The van der Waals surface area contributed by atoms with Gasteiger partial charge in [-0.05, 0) is 19.8 Å². The first-order chi connectivity index (χ1) is 7.56. The average Bonchev–Trinajstić information content (AvgIpc) is 2.26. The number of nitrogens with two attached hydrogens (primary N) is 1. The van der Waals surface area contributed by atoms with Crippen LogP contribution in [-0.2, 0) is 0 Å². The van der Waals surface area contributed by atoms with Crippen LogP contribution in [0.25, 0.3) is 0 Å². The Hall–Kier alpha value is -1.36. The summed E-state index contributed by atoms with van der Waals surface area (Å²) in [7, 11) is 0. The summed E-state index contributed by atoms with van der Waals surface area (Å²) in [4.78, 5) is 8.39. The molecule has 0 radical (unpaired) electrons. The Morgan fingerprint density at radius 2 is 2.06 bits per heavy atom. The minimum atomic E-state index is 0.380. The van der Waals surface area contributed by atoms with Gasteiger partial charge in [-0.3, -0.25) is 5.43 Å². The van der Waals surface area contributed by atoms with Crippen molar-refractivity contribution in [2.24, 2.45) is 11.8 Å². The SMILES string of the molecule is CCC(C)C(C)Nc1cc(C)nc(NN)n1. The molecule has 16 heavy (non-hydrogen) atoms. The minimum absolute atomic E-state index is 0.380. The van der Waals surface area contributed by atoms with E-state index >= 15 is 0 Å². The Bertz CT molecular complexity index is 339. The van der Waals surface area contributed by atoms with Crippen molar-refractivity contribution in [3.63, 3.8) is 0 Å². The molecule has 1 aromatic rings. The van der Waals surface area contributed by atoms with Crippen LogP contribution in [0.2, 0.25) is 0 Å². The number of hydrogen-bond acceptors (Lipinski definition) is 5. The summed E-state index contributed by atoms with van der Waals surface area (Å²) in [6.45, 7) is 8.47. The maximum Gasteiger partial charge on any atom is 0.239 e. The number of aryl methyl sites for hydroxylation is 1. The third-order valence-electron chi connectivity index (χ3n) is 2.86. The van der Waals surface area contributed by atoms with Crippen molar-refractivity contribution in [3.05, 3.63) is 11.8 Å². The zero-order valence-corrected chi connectivity index (χ0v) is 10.4. The Labute approximate surface area is 96.8 Å². The predicted molar refractivity (Wildman–Crippen MR) is 67.1 cm³/mol. The fourth-order valence-electron chi connectivity index (χ4n) is 1.44. The monoisotopic (exact) mass is 223 g/mol. The van der Waals surface area contributed by atoms with E-state index < -0.39 is 0 Å². The molecule has 0 aromatic carbocycles. The molecular weight excluding hydrogens is 202 g/mol. The minimum Gasteiger partial charge on any atom is -0.367 e. The van der Waals surface area contributed by atoms with Crippen LogP contribution < -0.4 is 16.6 Å². The number of nitrogens with one attached hydrogen (secondary N) is 2. The maximum absolute atomic E-state index is 5.30. The lowest BCUT2D eigenvalue weighted by Gasteiger charge is -2.20. The Kier molecular flexibility index (Phi) is 4.49. The molecule has 0 spiro atoms. The largest absolute Gasteiger partial charge is 0.367 e. The van der Waals surface area contributed by atoms with E-state index in [1.54, 1.807) is 0 Å². The van der Waals surface area contributed by atoms with Gasteiger partial charge in [0, 0.05) is 17.8 Å². The molecule has 2 atom stereocenters. The Morgan fingerprint density at radius 1 is 1.38 bits per heavy atom. The summed E-state index contributed by atoms with van der Waals surface area (Å²) >= 11 is 0. The highest BCUT2D eigenvalue weighted by molar-refractivity contribution is 5.42. The van der Waals surface area contributed by atoms with Gasteiger partial charge >= 0.3 is 0 Å². The van der Waals surface area contributed by atoms with Crippen LogP contribution in [0.4, 0.5) is 11.8 Å². The smallest absolute Gasteiger partial charge is 0.239 e. The summed E-state index contributed by atoms with van der Waals surface area (Å²) in [5, 5.41) is 3.36. The van der Waals surface area contributed by atoms with Crippen LogP contribution in [0.3, 0.4) is 0 Å². The summed E-state index contributed by atoms with van der Waals surface area (Å²) in [6, 6.07) is 2.30. The van der Waals surface area contributed by atoms with Crippen molar-refractivity contribution < 1.29 is 0 Å². The van der Waals surface area contributed by atoms with E-state index in [2.05, 4.69) is 41.5 Å². The molecule has 4 N–H and O–H groups in total. The van der Waals surface area contributed by atoms with Crippen molar-refractivity contribution in [2.75, 3.05) is 10.7 Å². The number of nitrogen functional groups attached to an aromatic ring is 1. The molecule has 90 valence electrons. The second-order valence-corrected chi connectivity index (χ2v) is 4.18. The molecule has 0 aliphatic heterocycles. The van der Waals surface area contributed by atoms with Crippen molar-refractivity contribution in [2.45, 2.75) is 40.2 Å². The molecule has 1 rings (SSSR count). The lowest BCUT2D eigenvalue weighted by atomic mass is 10.0. The van der Waals surface area contributed by atoms with Crippen LogP contribution in [0, 0.1) is 12.8 Å². The molecule has 0 amide bonds. The van der Waals surface area contributed by atoms with Gasteiger partial charge in [0.05, 0.1) is 0 Å². The zero-order valence-electron chi connectivity index (χ0n) is 10.4. The fourth-order valence-corrected chi connectivity index (χ4v) is 1.44. The number of hydrazine groups is 1. The van der Waals surface area contributed by atoms with E-state index in [9.17, 15) is 0 Å². The van der Waals surface area contributed by atoms with Gasteiger partial charge in [0.2, 0.25) is 5.95 Å². The van der Waals surface area contributed by atoms with E-state index in [0.717, 1.165) is 17.9 Å². The normalized spacial score (nSPS) is 14.3. The third-order valence-corrected chi connectivity index (χ3v) is 2.86. The van der Waals surface area contributed by atoms with Gasteiger partial charge in [-0.2, -0.15) is 4.98 Å². The summed E-state index contributed by atoms with van der Waals surface area (Å²) < 4.78 is 0. The van der Waals surface area contributed by atoms with E-state index in [1.807, 2.05) is 13.0 Å². The highest BCUT2D eigenvalue weighted by atomic mass is 15.3. The second kappa shape index (κ2) is 5.65. The molecular formula is C11H21N5. The average molecular weight is 223 g/mol. The van der Waals surface area contributed by atoms with Crippen LogP contribution >= 0.6 is 0 Å². The molecule has 0 aliphatic rings. The zero-order chi connectivity index (χ0) is 12.1. The number of nitrogens with zero attached hydrogens (tertiary/aromatic N) is 2. The molecule has 1 heterocycles. The molecule has 0 bridgehead atoms. The molecule has 0 saturated heterocycles. The van der Waals surface area contributed by atoms with Crippen LogP contribution in [0.1, 0.15) is 32.9 Å². The van der Waals surface area contributed by atoms with Gasteiger partial charge in [0.25, 0.3) is 0 Å². The van der Waals surface area contributed by atoms with Crippen molar-refractivity contribution in [3.8, 4) is 0 Å². The second-order valence-electron chi connectivity index (χ2n) is 4.18. The highest BCUT2D eigenvalue weighted by Crippen LogP contribution is 2.14. The summed E-state index contributed by atoms with van der Waals surface area (Å²) in [6.07, 6.45) is 1.14. The van der Waals surface area contributed by atoms with Gasteiger partial charge in [-0.25, -0.2) is 10.8 Å². The quantitative estimate of drug-likeness (QED) is 0.525. The molecule has 0 aliphatic carbocycles.